The summed E-state index contributed by atoms with van der Waals surface area (Å²) in [5, 5.41) is 0. The number of ether oxygens (including phenoxy) is 1. The Morgan fingerprint density at radius 3 is 2.35 bits per heavy atom. The van der Waals surface area contributed by atoms with Gasteiger partial charge in [-0.25, -0.2) is 0 Å². The van der Waals surface area contributed by atoms with E-state index in [-0.39, 0.29) is 6.10 Å². The van der Waals surface area contributed by atoms with Crippen LogP contribution in [0.15, 0.2) is 28.7 Å². The van der Waals surface area contributed by atoms with Crippen LogP contribution in [0.25, 0.3) is 0 Å². The van der Waals surface area contributed by atoms with Gasteiger partial charge in [0.2, 0.25) is 0 Å². The lowest BCUT2D eigenvalue weighted by molar-refractivity contribution is -0.162. The number of hydrogen-bond acceptors (Lipinski definition) is 2. The Kier molecular flexibility index (Phi) is 3.63. The summed E-state index contributed by atoms with van der Waals surface area (Å²) in [5.74, 6) is 0.685. The van der Waals surface area contributed by atoms with Crippen LogP contribution < -0.4 is 4.74 Å². The third-order valence-electron chi connectivity index (χ3n) is 2.44. The van der Waals surface area contributed by atoms with E-state index in [2.05, 4.69) is 15.9 Å². The van der Waals surface area contributed by atoms with Crippen molar-refractivity contribution in [1.29, 1.82) is 0 Å². The maximum absolute atomic E-state index is 12.0. The zero-order valence-electron chi connectivity index (χ0n) is 8.88. The molecule has 0 spiro atoms. The molecule has 0 aromatic heterocycles. The van der Waals surface area contributed by atoms with Crippen LogP contribution in [0, 0.1) is 0 Å². The van der Waals surface area contributed by atoms with Gasteiger partial charge in [0.25, 0.3) is 0 Å². The second-order valence-electron chi connectivity index (χ2n) is 4.00. The summed E-state index contributed by atoms with van der Waals surface area (Å²) in [6, 6.07) is 7.25. The first-order valence-electron chi connectivity index (χ1n) is 5.14. The topological polar surface area (TPSA) is 12.5 Å². The van der Waals surface area contributed by atoms with Crippen LogP contribution in [0.5, 0.6) is 5.75 Å². The molecule has 0 amide bonds. The third-order valence-corrected chi connectivity index (χ3v) is 2.97. The van der Waals surface area contributed by atoms with Gasteiger partial charge in [0.1, 0.15) is 11.9 Å². The molecule has 0 saturated carbocycles. The monoisotopic (exact) mass is 309 g/mol. The smallest absolute Gasteiger partial charge is 0.401 e. The molecule has 1 heterocycles. The van der Waals surface area contributed by atoms with E-state index in [0.717, 1.165) is 4.47 Å². The zero-order valence-corrected chi connectivity index (χ0v) is 10.5. The van der Waals surface area contributed by atoms with Gasteiger partial charge in [-0.15, -0.1) is 0 Å². The maximum atomic E-state index is 12.0. The molecule has 2 rings (SSSR count). The first-order valence-corrected chi connectivity index (χ1v) is 5.93. The molecule has 1 aromatic carbocycles. The van der Waals surface area contributed by atoms with Crippen LogP contribution in [0.3, 0.4) is 0 Å². The molecule has 1 aliphatic heterocycles. The van der Waals surface area contributed by atoms with Gasteiger partial charge in [-0.1, -0.05) is 15.9 Å². The lowest BCUT2D eigenvalue weighted by Gasteiger charge is -2.39. The minimum atomic E-state index is -4.12. The van der Waals surface area contributed by atoms with Gasteiger partial charge in [0.15, 0.2) is 0 Å². The average Bonchev–Trinajstić information content (AvgIpc) is 2.16. The first-order chi connectivity index (χ1) is 7.92. The molecule has 0 unspecified atom stereocenters. The van der Waals surface area contributed by atoms with E-state index in [1.54, 1.807) is 12.1 Å². The second kappa shape index (κ2) is 4.86. The van der Waals surface area contributed by atoms with E-state index >= 15 is 0 Å². The molecule has 0 N–H and O–H groups in total. The number of hydrogen-bond donors (Lipinski definition) is 0. The minimum Gasteiger partial charge on any atom is -0.488 e. The predicted octanol–water partition coefficient (Wildman–Crippen LogP) is 3.07. The van der Waals surface area contributed by atoms with Crippen molar-refractivity contribution in [2.24, 2.45) is 0 Å². The Labute approximate surface area is 105 Å². The Balaban J connectivity index is 1.76. The highest BCUT2D eigenvalue weighted by molar-refractivity contribution is 9.10. The number of benzene rings is 1. The van der Waals surface area contributed by atoms with Crippen molar-refractivity contribution in [2.75, 3.05) is 19.6 Å². The largest absolute Gasteiger partial charge is 0.488 e. The summed E-state index contributed by atoms with van der Waals surface area (Å²) in [4.78, 5) is 1.32. The summed E-state index contributed by atoms with van der Waals surface area (Å²) in [6.07, 6.45) is -4.26. The fourth-order valence-corrected chi connectivity index (χ4v) is 1.95. The molecule has 2 nitrogen and oxygen atoms in total. The summed E-state index contributed by atoms with van der Waals surface area (Å²) >= 11 is 3.30. The highest BCUT2D eigenvalue weighted by atomic mass is 79.9. The Morgan fingerprint density at radius 1 is 1.24 bits per heavy atom. The van der Waals surface area contributed by atoms with Crippen molar-refractivity contribution >= 4 is 15.9 Å². The van der Waals surface area contributed by atoms with E-state index in [1.165, 1.54) is 4.90 Å². The highest BCUT2D eigenvalue weighted by Crippen LogP contribution is 2.23. The predicted molar refractivity (Wildman–Crippen MR) is 61.1 cm³/mol. The SMILES string of the molecule is FC(F)(F)CN1CC(Oc2ccc(Br)cc2)C1. The molecular formula is C11H11BrF3NO. The second-order valence-corrected chi connectivity index (χ2v) is 4.92. The molecule has 0 atom stereocenters. The van der Waals surface area contributed by atoms with Crippen LogP contribution in [-0.4, -0.2) is 36.8 Å². The number of likely N-dealkylation sites (tertiary alicyclic amines) is 1. The van der Waals surface area contributed by atoms with Gasteiger partial charge in [-0.3, -0.25) is 4.90 Å². The zero-order chi connectivity index (χ0) is 12.5. The number of alkyl halides is 3. The normalized spacial score (nSPS) is 17.9. The molecule has 0 bridgehead atoms. The van der Waals surface area contributed by atoms with E-state index in [1.807, 2.05) is 12.1 Å². The molecule has 6 heteroatoms. The van der Waals surface area contributed by atoms with Crippen LogP contribution in [0.1, 0.15) is 0 Å². The van der Waals surface area contributed by atoms with Crippen molar-refractivity contribution in [2.45, 2.75) is 12.3 Å². The summed E-state index contributed by atoms with van der Waals surface area (Å²) in [7, 11) is 0. The van der Waals surface area contributed by atoms with E-state index < -0.39 is 12.7 Å². The number of halogens is 4. The van der Waals surface area contributed by atoms with Crippen molar-refractivity contribution in [3.8, 4) is 5.75 Å². The number of rotatable bonds is 3. The third kappa shape index (κ3) is 3.89. The highest BCUT2D eigenvalue weighted by Gasteiger charge is 2.37. The Hall–Kier alpha value is -0.750. The standard InChI is InChI=1S/C11H11BrF3NO/c12-8-1-3-9(4-2-8)17-10-5-16(6-10)7-11(13,14)15/h1-4,10H,5-7H2. The molecule has 0 aliphatic carbocycles. The lowest BCUT2D eigenvalue weighted by atomic mass is 10.1. The summed E-state index contributed by atoms with van der Waals surface area (Å²) < 4.78 is 42.6. The van der Waals surface area contributed by atoms with Gasteiger partial charge in [0.05, 0.1) is 6.54 Å². The van der Waals surface area contributed by atoms with E-state index in [4.69, 9.17) is 4.74 Å². The average molecular weight is 310 g/mol. The lowest BCUT2D eigenvalue weighted by Crippen LogP contribution is -2.56. The minimum absolute atomic E-state index is 0.140. The molecule has 1 saturated heterocycles. The maximum Gasteiger partial charge on any atom is 0.401 e. The Morgan fingerprint density at radius 2 is 1.82 bits per heavy atom. The summed E-state index contributed by atoms with van der Waals surface area (Å²) in [5.41, 5.74) is 0. The van der Waals surface area contributed by atoms with Crippen LogP contribution >= 0.6 is 15.9 Å². The van der Waals surface area contributed by atoms with Gasteiger partial charge < -0.3 is 4.74 Å². The molecule has 1 fully saturated rings. The Bertz CT molecular complexity index is 373. The molecule has 1 aromatic rings. The molecule has 0 radical (unpaired) electrons. The molecule has 1 aliphatic rings. The van der Waals surface area contributed by atoms with Crippen molar-refractivity contribution in [3.63, 3.8) is 0 Å². The van der Waals surface area contributed by atoms with Crippen LogP contribution in [0.2, 0.25) is 0 Å². The van der Waals surface area contributed by atoms with Crippen molar-refractivity contribution in [1.82, 2.24) is 4.90 Å². The molecular weight excluding hydrogens is 299 g/mol. The fraction of sp³-hybridized carbons (Fsp3) is 0.455. The summed E-state index contributed by atoms with van der Waals surface area (Å²) in [6.45, 7) is -0.196. The van der Waals surface area contributed by atoms with Crippen molar-refractivity contribution < 1.29 is 17.9 Å². The van der Waals surface area contributed by atoms with Gasteiger partial charge in [-0.2, -0.15) is 13.2 Å². The van der Waals surface area contributed by atoms with Crippen molar-refractivity contribution in [3.05, 3.63) is 28.7 Å². The molecule has 17 heavy (non-hydrogen) atoms. The van der Waals surface area contributed by atoms with Gasteiger partial charge in [0, 0.05) is 17.6 Å². The number of nitrogens with zero attached hydrogens (tertiary/aromatic N) is 1. The van der Waals surface area contributed by atoms with Crippen LogP contribution in [0.4, 0.5) is 13.2 Å². The fourth-order valence-electron chi connectivity index (χ4n) is 1.69. The van der Waals surface area contributed by atoms with Gasteiger partial charge >= 0.3 is 6.18 Å². The van der Waals surface area contributed by atoms with Gasteiger partial charge in [-0.05, 0) is 24.3 Å². The first kappa shape index (κ1) is 12.7. The van der Waals surface area contributed by atoms with Crippen LogP contribution in [-0.2, 0) is 0 Å². The molecule has 94 valence electrons. The quantitative estimate of drug-likeness (QED) is 0.851. The van der Waals surface area contributed by atoms with E-state index in [9.17, 15) is 13.2 Å². The van der Waals surface area contributed by atoms with E-state index in [0.29, 0.717) is 18.8 Å².